The van der Waals surface area contributed by atoms with Gasteiger partial charge in [0.05, 0.1) is 17.5 Å². The molecule has 0 fully saturated rings. The van der Waals surface area contributed by atoms with Crippen LogP contribution in [0.1, 0.15) is 16.8 Å². The highest BCUT2D eigenvalue weighted by Crippen LogP contribution is 2.12. The second kappa shape index (κ2) is 6.00. The molecule has 0 radical (unpaired) electrons. The van der Waals surface area contributed by atoms with E-state index >= 15 is 0 Å². The Morgan fingerprint density at radius 2 is 2.00 bits per heavy atom. The number of primary amides is 1. The van der Waals surface area contributed by atoms with Crippen LogP contribution in [0.25, 0.3) is 10.9 Å². The van der Waals surface area contributed by atoms with E-state index in [4.69, 9.17) is 10.8 Å². The first kappa shape index (κ1) is 14.4. The molecule has 2 aromatic rings. The van der Waals surface area contributed by atoms with Gasteiger partial charge in [-0.3, -0.25) is 14.6 Å². The maximum atomic E-state index is 12.0. The fraction of sp³-hybridized carbons (Fsp3) is 0.143. The summed E-state index contributed by atoms with van der Waals surface area (Å²) in [5.74, 6) is -2.75. The number of hydrogen-bond acceptors (Lipinski definition) is 4. The molecule has 21 heavy (non-hydrogen) atoms. The number of fused-ring (bicyclic) bond motifs is 1. The summed E-state index contributed by atoms with van der Waals surface area (Å²) in [6.45, 7) is 0. The lowest BCUT2D eigenvalue weighted by molar-refractivity contribution is -0.140. The van der Waals surface area contributed by atoms with Crippen molar-refractivity contribution in [1.82, 2.24) is 10.3 Å². The van der Waals surface area contributed by atoms with Gasteiger partial charge < -0.3 is 16.2 Å². The van der Waals surface area contributed by atoms with Crippen LogP contribution in [0.5, 0.6) is 0 Å². The molecule has 1 atom stereocenters. The number of amides is 2. The van der Waals surface area contributed by atoms with E-state index in [0.29, 0.717) is 0 Å². The minimum absolute atomic E-state index is 0.212. The van der Waals surface area contributed by atoms with Crippen molar-refractivity contribution in [1.29, 1.82) is 0 Å². The van der Waals surface area contributed by atoms with Crippen LogP contribution in [0.3, 0.4) is 0 Å². The summed E-state index contributed by atoms with van der Waals surface area (Å²) in [6, 6.07) is 7.45. The van der Waals surface area contributed by atoms with E-state index in [1.807, 2.05) is 6.07 Å². The zero-order valence-corrected chi connectivity index (χ0v) is 10.9. The first-order valence-electron chi connectivity index (χ1n) is 6.14. The highest BCUT2D eigenvalue weighted by molar-refractivity contribution is 5.99. The fourth-order valence-electron chi connectivity index (χ4n) is 1.84. The number of nitrogens with one attached hydrogen (secondary N) is 1. The highest BCUT2D eigenvalue weighted by Gasteiger charge is 2.22. The minimum Gasteiger partial charge on any atom is -0.480 e. The number of rotatable bonds is 5. The number of para-hydroxylation sites is 1. The quantitative estimate of drug-likeness (QED) is 0.729. The number of carbonyl (C=O) groups excluding carboxylic acids is 2. The summed E-state index contributed by atoms with van der Waals surface area (Å²) in [4.78, 5) is 37.9. The van der Waals surface area contributed by atoms with Gasteiger partial charge in [-0.1, -0.05) is 18.2 Å². The van der Waals surface area contributed by atoms with Crippen LogP contribution >= 0.6 is 0 Å². The molecule has 0 aliphatic carbocycles. The number of benzene rings is 1. The Labute approximate surface area is 119 Å². The first-order valence-corrected chi connectivity index (χ1v) is 6.14. The molecule has 7 nitrogen and oxygen atoms in total. The number of carbonyl (C=O) groups is 3. The van der Waals surface area contributed by atoms with Crippen molar-refractivity contribution < 1.29 is 19.5 Å². The molecule has 1 heterocycles. The molecule has 1 aromatic carbocycles. The zero-order valence-electron chi connectivity index (χ0n) is 10.9. The summed E-state index contributed by atoms with van der Waals surface area (Å²) in [7, 11) is 0. The third kappa shape index (κ3) is 3.53. The standard InChI is InChI=1S/C14H13N3O4/c15-12(18)6-11(14(20)21)17-13(19)9-5-8-3-1-2-4-10(8)16-7-9/h1-5,7,11H,6H2,(H2,15,18)(H,17,19)(H,20,21)/t11-/m0/s1. The maximum absolute atomic E-state index is 12.0. The van der Waals surface area contributed by atoms with Crippen LogP contribution in [0.2, 0.25) is 0 Å². The third-order valence-corrected chi connectivity index (χ3v) is 2.86. The van der Waals surface area contributed by atoms with Crippen molar-refractivity contribution in [2.75, 3.05) is 0 Å². The van der Waals surface area contributed by atoms with Gasteiger partial charge in [-0.15, -0.1) is 0 Å². The number of aliphatic carboxylic acids is 1. The van der Waals surface area contributed by atoms with E-state index in [1.54, 1.807) is 24.3 Å². The third-order valence-electron chi connectivity index (χ3n) is 2.86. The molecule has 0 spiro atoms. The molecule has 0 aliphatic rings. The summed E-state index contributed by atoms with van der Waals surface area (Å²) >= 11 is 0. The van der Waals surface area contributed by atoms with Crippen molar-refractivity contribution in [3.63, 3.8) is 0 Å². The molecule has 0 aliphatic heterocycles. The zero-order chi connectivity index (χ0) is 15.4. The Bertz CT molecular complexity index is 714. The predicted molar refractivity (Wildman–Crippen MR) is 74.4 cm³/mol. The summed E-state index contributed by atoms with van der Waals surface area (Å²) in [5.41, 5.74) is 5.89. The van der Waals surface area contributed by atoms with Crippen molar-refractivity contribution >= 4 is 28.7 Å². The van der Waals surface area contributed by atoms with Crippen LogP contribution in [0.15, 0.2) is 36.5 Å². The van der Waals surface area contributed by atoms with Gasteiger partial charge in [-0.05, 0) is 12.1 Å². The smallest absolute Gasteiger partial charge is 0.326 e. The number of aromatic nitrogens is 1. The van der Waals surface area contributed by atoms with E-state index in [1.165, 1.54) is 6.20 Å². The maximum Gasteiger partial charge on any atom is 0.326 e. The Hall–Kier alpha value is -2.96. The molecule has 2 rings (SSSR count). The topological polar surface area (TPSA) is 122 Å². The molecule has 7 heteroatoms. The van der Waals surface area contributed by atoms with Gasteiger partial charge in [0.2, 0.25) is 5.91 Å². The molecular formula is C14H13N3O4. The monoisotopic (exact) mass is 287 g/mol. The molecule has 4 N–H and O–H groups in total. The van der Waals surface area contributed by atoms with Crippen LogP contribution in [-0.4, -0.2) is 33.9 Å². The molecule has 108 valence electrons. The first-order chi connectivity index (χ1) is 9.97. The van der Waals surface area contributed by atoms with E-state index in [2.05, 4.69) is 10.3 Å². The lowest BCUT2D eigenvalue weighted by Crippen LogP contribution is -2.43. The molecule has 0 saturated carbocycles. The molecular weight excluding hydrogens is 274 g/mol. The van der Waals surface area contributed by atoms with Crippen LogP contribution < -0.4 is 11.1 Å². The average molecular weight is 287 g/mol. The van der Waals surface area contributed by atoms with Crippen LogP contribution in [0.4, 0.5) is 0 Å². The molecule has 0 unspecified atom stereocenters. The van der Waals surface area contributed by atoms with Crippen molar-refractivity contribution in [2.45, 2.75) is 12.5 Å². The van der Waals surface area contributed by atoms with E-state index in [9.17, 15) is 14.4 Å². The van der Waals surface area contributed by atoms with Gasteiger partial charge >= 0.3 is 5.97 Å². The minimum atomic E-state index is -1.36. The molecule has 2 amide bonds. The largest absolute Gasteiger partial charge is 0.480 e. The molecule has 1 aromatic heterocycles. The Morgan fingerprint density at radius 3 is 2.67 bits per heavy atom. The summed E-state index contributed by atoms with van der Waals surface area (Å²) in [6.07, 6.45) is 0.878. The Morgan fingerprint density at radius 1 is 1.29 bits per heavy atom. The second-order valence-electron chi connectivity index (χ2n) is 4.45. The second-order valence-corrected chi connectivity index (χ2v) is 4.45. The number of carboxylic acids is 1. The van der Waals surface area contributed by atoms with Gasteiger partial charge in [-0.25, -0.2) is 4.79 Å². The van der Waals surface area contributed by atoms with Gasteiger partial charge in [0, 0.05) is 11.6 Å². The van der Waals surface area contributed by atoms with E-state index < -0.39 is 30.2 Å². The van der Waals surface area contributed by atoms with Gasteiger partial charge in [-0.2, -0.15) is 0 Å². The normalized spacial score (nSPS) is 11.8. The van der Waals surface area contributed by atoms with Crippen molar-refractivity contribution in [3.8, 4) is 0 Å². The fourth-order valence-corrected chi connectivity index (χ4v) is 1.84. The summed E-state index contributed by atoms with van der Waals surface area (Å²) < 4.78 is 0. The number of pyridine rings is 1. The highest BCUT2D eigenvalue weighted by atomic mass is 16.4. The van der Waals surface area contributed by atoms with E-state index in [-0.39, 0.29) is 5.56 Å². The SMILES string of the molecule is NC(=O)C[C@H](NC(=O)c1cnc2ccccc2c1)C(=O)O. The number of hydrogen-bond donors (Lipinski definition) is 3. The van der Waals surface area contributed by atoms with Gasteiger partial charge in [0.15, 0.2) is 0 Å². The average Bonchev–Trinajstić information content (AvgIpc) is 2.45. The number of nitrogens with zero attached hydrogens (tertiary/aromatic N) is 1. The Balaban J connectivity index is 2.20. The van der Waals surface area contributed by atoms with Gasteiger partial charge in [0.25, 0.3) is 5.91 Å². The Kier molecular flexibility index (Phi) is 4.13. The molecule has 0 saturated heterocycles. The lowest BCUT2D eigenvalue weighted by Gasteiger charge is -2.12. The number of nitrogens with two attached hydrogens (primary N) is 1. The van der Waals surface area contributed by atoms with Crippen LogP contribution in [-0.2, 0) is 9.59 Å². The van der Waals surface area contributed by atoms with Gasteiger partial charge in [0.1, 0.15) is 6.04 Å². The van der Waals surface area contributed by atoms with Crippen molar-refractivity contribution in [3.05, 3.63) is 42.1 Å². The lowest BCUT2D eigenvalue weighted by atomic mass is 10.1. The molecule has 0 bridgehead atoms. The van der Waals surface area contributed by atoms with Crippen LogP contribution in [0, 0.1) is 0 Å². The predicted octanol–water partition coefficient (Wildman–Crippen LogP) is 0.293. The van der Waals surface area contributed by atoms with Crippen molar-refractivity contribution in [2.24, 2.45) is 5.73 Å². The number of carboxylic acid groups (broad SMARTS) is 1. The summed E-state index contributed by atoms with van der Waals surface area (Å²) in [5, 5.41) is 12.0. The van der Waals surface area contributed by atoms with E-state index in [0.717, 1.165) is 10.9 Å².